The number of nitrogens with one attached hydrogen (secondary N) is 3. The molecule has 27 heavy (non-hydrogen) atoms. The molecule has 3 unspecified atom stereocenters. The van der Waals surface area contributed by atoms with E-state index in [1.54, 1.807) is 13.8 Å². The van der Waals surface area contributed by atoms with E-state index in [1.807, 2.05) is 0 Å². The maximum absolute atomic E-state index is 13.8. The van der Waals surface area contributed by atoms with Crippen molar-refractivity contribution in [2.24, 2.45) is 5.92 Å². The van der Waals surface area contributed by atoms with Gasteiger partial charge in [0.2, 0.25) is 15.9 Å². The van der Waals surface area contributed by atoms with Gasteiger partial charge in [0.15, 0.2) is 0 Å². The number of sulfonamides is 1. The molecule has 3 atom stereocenters. The molecule has 0 saturated carbocycles. The number of anilines is 1. The van der Waals surface area contributed by atoms with E-state index >= 15 is 0 Å². The maximum atomic E-state index is 13.8. The maximum Gasteiger partial charge on any atom is 0.228 e. The highest BCUT2D eigenvalue weighted by molar-refractivity contribution is 7.89. The number of amides is 1. The molecule has 0 bridgehead atoms. The normalized spacial score (nSPS) is 29.6. The van der Waals surface area contributed by atoms with Crippen LogP contribution in [0.4, 0.5) is 14.5 Å². The first-order chi connectivity index (χ1) is 12.7. The molecule has 7 nitrogen and oxygen atoms in total. The van der Waals surface area contributed by atoms with Crippen molar-refractivity contribution in [3.05, 3.63) is 29.8 Å². The van der Waals surface area contributed by atoms with Gasteiger partial charge in [-0.25, -0.2) is 21.5 Å². The Hall–Kier alpha value is -1.62. The second-order valence-electron chi connectivity index (χ2n) is 7.16. The monoisotopic (exact) mass is 402 g/mol. The molecule has 3 rings (SSSR count). The second kappa shape index (κ2) is 7.78. The van der Waals surface area contributed by atoms with Gasteiger partial charge in [-0.2, -0.15) is 0 Å². The molecule has 2 saturated heterocycles. The molecule has 3 N–H and O–H groups in total. The number of hydrogen-bond acceptors (Lipinski definition) is 5. The number of rotatable bonds is 4. The Labute approximate surface area is 157 Å². The predicted octanol–water partition coefficient (Wildman–Crippen LogP) is 1.20. The lowest BCUT2D eigenvalue weighted by molar-refractivity contribution is -0.120. The summed E-state index contributed by atoms with van der Waals surface area (Å²) < 4.78 is 54.9. The summed E-state index contributed by atoms with van der Waals surface area (Å²) in [5.41, 5.74) is 5.34. The topological polar surface area (TPSA) is 90.5 Å². The third kappa shape index (κ3) is 3.98. The molecule has 2 heterocycles. The van der Waals surface area contributed by atoms with Crippen LogP contribution >= 0.6 is 0 Å². The first kappa shape index (κ1) is 20.1. The van der Waals surface area contributed by atoms with E-state index in [9.17, 15) is 22.0 Å². The van der Waals surface area contributed by atoms with Crippen LogP contribution < -0.4 is 16.2 Å². The van der Waals surface area contributed by atoms with Crippen molar-refractivity contribution in [2.75, 3.05) is 18.4 Å². The quantitative estimate of drug-likeness (QED) is 0.704. The summed E-state index contributed by atoms with van der Waals surface area (Å²) in [5, 5.41) is 1.62. The lowest BCUT2D eigenvalue weighted by atomic mass is 9.98. The van der Waals surface area contributed by atoms with Crippen molar-refractivity contribution >= 4 is 21.6 Å². The molecule has 2 aliphatic heterocycles. The van der Waals surface area contributed by atoms with Crippen molar-refractivity contribution < 1.29 is 22.0 Å². The number of carbonyl (C=O) groups excluding carboxylic acids is 1. The van der Waals surface area contributed by atoms with E-state index in [-0.39, 0.29) is 18.6 Å². The predicted molar refractivity (Wildman–Crippen MR) is 97.2 cm³/mol. The minimum absolute atomic E-state index is 0.000177. The Kier molecular flexibility index (Phi) is 5.80. The summed E-state index contributed by atoms with van der Waals surface area (Å²) >= 11 is 0. The zero-order valence-electron chi connectivity index (χ0n) is 15.2. The third-order valence-corrected chi connectivity index (χ3v) is 7.75. The van der Waals surface area contributed by atoms with Crippen LogP contribution in [0.3, 0.4) is 0 Å². The molecule has 0 aromatic heterocycles. The lowest BCUT2D eigenvalue weighted by Crippen LogP contribution is -2.51. The van der Waals surface area contributed by atoms with Gasteiger partial charge in [0.05, 0.1) is 5.92 Å². The van der Waals surface area contributed by atoms with Crippen LogP contribution in [0.5, 0.6) is 0 Å². The summed E-state index contributed by atoms with van der Waals surface area (Å²) in [6.07, 6.45) is 0.966. The van der Waals surface area contributed by atoms with E-state index in [0.29, 0.717) is 19.4 Å². The van der Waals surface area contributed by atoms with Crippen molar-refractivity contribution in [1.29, 1.82) is 0 Å². The van der Waals surface area contributed by atoms with E-state index in [4.69, 9.17) is 0 Å². The molecule has 1 amide bonds. The minimum atomic E-state index is -3.64. The van der Waals surface area contributed by atoms with Gasteiger partial charge in [0.1, 0.15) is 22.6 Å². The summed E-state index contributed by atoms with van der Waals surface area (Å²) in [5.74, 6) is -2.98. The molecular weight excluding hydrogens is 378 g/mol. The largest absolute Gasteiger partial charge is 0.321 e. The van der Waals surface area contributed by atoms with Crippen molar-refractivity contribution in [2.45, 2.75) is 44.0 Å². The first-order valence-electron chi connectivity index (χ1n) is 8.96. The number of piperidine rings is 1. The molecule has 1 aromatic rings. The van der Waals surface area contributed by atoms with Gasteiger partial charge in [-0.3, -0.25) is 15.6 Å². The van der Waals surface area contributed by atoms with E-state index in [2.05, 4.69) is 16.2 Å². The van der Waals surface area contributed by atoms with Gasteiger partial charge in [0.25, 0.3) is 0 Å². The fraction of sp³-hybridized carbons (Fsp3) is 0.588. The SMILES string of the molecule is CC1NNC(C)C1S(=O)(=O)N1CCCC(C(=O)Nc2c(F)cccc2F)C1. The Morgan fingerprint density at radius 3 is 2.37 bits per heavy atom. The van der Waals surface area contributed by atoms with E-state index in [1.165, 1.54) is 10.4 Å². The fourth-order valence-electron chi connectivity index (χ4n) is 3.78. The van der Waals surface area contributed by atoms with Gasteiger partial charge in [-0.15, -0.1) is 0 Å². The van der Waals surface area contributed by atoms with Crippen molar-refractivity contribution in [3.8, 4) is 0 Å². The van der Waals surface area contributed by atoms with E-state index < -0.39 is 44.4 Å². The summed E-state index contributed by atoms with van der Waals surface area (Å²) in [7, 11) is -3.64. The van der Waals surface area contributed by atoms with Crippen LogP contribution in [0, 0.1) is 17.6 Å². The number of nitrogens with zero attached hydrogens (tertiary/aromatic N) is 1. The van der Waals surface area contributed by atoms with Gasteiger partial charge in [-0.1, -0.05) is 6.07 Å². The van der Waals surface area contributed by atoms with Crippen LogP contribution in [0.15, 0.2) is 18.2 Å². The van der Waals surface area contributed by atoms with Gasteiger partial charge in [0, 0.05) is 25.2 Å². The van der Waals surface area contributed by atoms with E-state index in [0.717, 1.165) is 12.1 Å². The summed E-state index contributed by atoms with van der Waals surface area (Å²) in [6, 6.07) is 2.78. The average Bonchev–Trinajstić information content (AvgIpc) is 2.97. The molecule has 1 aromatic carbocycles. The molecule has 0 radical (unpaired) electrons. The Bertz CT molecular complexity index is 790. The zero-order valence-corrected chi connectivity index (χ0v) is 16.0. The average molecular weight is 402 g/mol. The molecule has 2 aliphatic rings. The molecule has 0 spiro atoms. The number of hydrazine groups is 1. The zero-order chi connectivity index (χ0) is 19.8. The molecule has 2 fully saturated rings. The standard InChI is InChI=1S/C17H24F2N4O3S/c1-10-16(11(2)22-21-10)27(25,26)23-8-4-5-12(9-23)17(24)20-15-13(18)6-3-7-14(15)19/h3,6-7,10-12,16,21-22H,4-5,8-9H2,1-2H3,(H,20,24). The number of benzene rings is 1. The molecular formula is C17H24F2N4O3S. The molecule has 0 aliphatic carbocycles. The van der Waals surface area contributed by atoms with Gasteiger partial charge < -0.3 is 5.32 Å². The smallest absolute Gasteiger partial charge is 0.228 e. The van der Waals surface area contributed by atoms with Crippen LogP contribution in [-0.4, -0.2) is 49.1 Å². The minimum Gasteiger partial charge on any atom is -0.321 e. The van der Waals surface area contributed by atoms with Crippen molar-refractivity contribution in [3.63, 3.8) is 0 Å². The van der Waals surface area contributed by atoms with Crippen LogP contribution in [0.2, 0.25) is 0 Å². The van der Waals surface area contributed by atoms with Crippen LogP contribution in [0.25, 0.3) is 0 Å². The van der Waals surface area contributed by atoms with Gasteiger partial charge in [-0.05, 0) is 38.8 Å². The highest BCUT2D eigenvalue weighted by Gasteiger charge is 2.45. The fourth-order valence-corrected chi connectivity index (χ4v) is 6.06. The number of carbonyl (C=O) groups is 1. The molecule has 10 heteroatoms. The highest BCUT2D eigenvalue weighted by atomic mass is 32.2. The van der Waals surface area contributed by atoms with Crippen LogP contribution in [0.1, 0.15) is 26.7 Å². The number of halogens is 2. The van der Waals surface area contributed by atoms with Crippen molar-refractivity contribution in [1.82, 2.24) is 15.2 Å². The lowest BCUT2D eigenvalue weighted by Gasteiger charge is -2.34. The molecule has 150 valence electrons. The van der Waals surface area contributed by atoms with Gasteiger partial charge >= 0.3 is 0 Å². The number of para-hydroxylation sites is 1. The summed E-state index contributed by atoms with van der Waals surface area (Å²) in [4.78, 5) is 12.5. The Balaban J connectivity index is 1.73. The Morgan fingerprint density at radius 2 is 1.78 bits per heavy atom. The Morgan fingerprint density at radius 1 is 1.19 bits per heavy atom. The number of hydrogen-bond donors (Lipinski definition) is 3. The third-order valence-electron chi connectivity index (χ3n) is 5.19. The second-order valence-corrected chi connectivity index (χ2v) is 9.25. The highest BCUT2D eigenvalue weighted by Crippen LogP contribution is 2.27. The summed E-state index contributed by atoms with van der Waals surface area (Å²) in [6.45, 7) is 3.90. The first-order valence-corrected chi connectivity index (χ1v) is 10.5. The van der Waals surface area contributed by atoms with Crippen LogP contribution in [-0.2, 0) is 14.8 Å².